The predicted molar refractivity (Wildman–Crippen MR) is 103 cm³/mol. The number of fused-ring (bicyclic) bond motifs is 1. The molecule has 0 fully saturated rings. The Morgan fingerprint density at radius 1 is 1.29 bits per heavy atom. The number of nitrogens with one attached hydrogen (secondary N) is 1. The van der Waals surface area contributed by atoms with Crippen LogP contribution in [0.4, 0.5) is 0 Å². The highest BCUT2D eigenvalue weighted by atomic mass is 32.2. The fraction of sp³-hybridized carbons (Fsp3) is 0.211. The first-order valence-electron chi connectivity index (χ1n) is 8.60. The molecular weight excluding hydrogens is 380 g/mol. The fourth-order valence-corrected chi connectivity index (χ4v) is 3.49. The minimum atomic E-state index is -0.102. The molecule has 8 nitrogen and oxygen atoms in total. The van der Waals surface area contributed by atoms with Crippen LogP contribution in [0.15, 0.2) is 58.8 Å². The molecule has 9 heteroatoms. The number of thioether (sulfide) groups is 1. The minimum absolute atomic E-state index is 0.102. The van der Waals surface area contributed by atoms with Crippen molar-refractivity contribution in [1.29, 1.82) is 0 Å². The van der Waals surface area contributed by atoms with Crippen molar-refractivity contribution in [2.24, 2.45) is 0 Å². The normalized spacial score (nSPS) is 12.1. The van der Waals surface area contributed by atoms with Crippen LogP contribution < -0.4 is 14.8 Å². The van der Waals surface area contributed by atoms with Crippen LogP contribution in [-0.2, 0) is 17.9 Å². The molecule has 1 aliphatic rings. The first kappa shape index (κ1) is 18.2. The van der Waals surface area contributed by atoms with Crippen molar-refractivity contribution in [3.8, 4) is 23.1 Å². The predicted octanol–water partition coefficient (Wildman–Crippen LogP) is 2.86. The lowest BCUT2D eigenvalue weighted by Gasteiger charge is -2.07. The molecule has 1 aliphatic heterocycles. The number of hydrogen-bond donors (Lipinski definition) is 1. The lowest BCUT2D eigenvalue weighted by molar-refractivity contribution is -0.118. The SMILES string of the molecule is C=CCn1c(SCC(=O)NCc2ccc3c(c2)OCO3)nnc1-c1ccco1. The number of ether oxygens (including phenoxy) is 2. The van der Waals surface area contributed by atoms with Crippen LogP contribution in [0, 0.1) is 0 Å². The highest BCUT2D eigenvalue weighted by molar-refractivity contribution is 7.99. The third kappa shape index (κ3) is 3.89. The number of hydrogen-bond acceptors (Lipinski definition) is 7. The van der Waals surface area contributed by atoms with E-state index < -0.39 is 0 Å². The Morgan fingerprint density at radius 3 is 3.00 bits per heavy atom. The van der Waals surface area contributed by atoms with E-state index in [0.717, 1.165) is 11.3 Å². The molecule has 28 heavy (non-hydrogen) atoms. The van der Waals surface area contributed by atoms with E-state index in [1.165, 1.54) is 11.8 Å². The molecule has 4 rings (SSSR count). The zero-order valence-corrected chi connectivity index (χ0v) is 15.8. The van der Waals surface area contributed by atoms with Gasteiger partial charge in [0.25, 0.3) is 0 Å². The summed E-state index contributed by atoms with van der Waals surface area (Å²) < 4.78 is 17.9. The molecule has 0 saturated heterocycles. The summed E-state index contributed by atoms with van der Waals surface area (Å²) in [5.74, 6) is 2.76. The first-order valence-corrected chi connectivity index (χ1v) is 9.59. The molecule has 1 amide bonds. The van der Waals surface area contributed by atoms with Crippen molar-refractivity contribution in [3.05, 3.63) is 54.8 Å². The number of aromatic nitrogens is 3. The molecule has 0 unspecified atom stereocenters. The molecule has 0 aliphatic carbocycles. The Hall–Kier alpha value is -3.20. The quantitative estimate of drug-likeness (QED) is 0.461. The highest BCUT2D eigenvalue weighted by Crippen LogP contribution is 2.32. The number of nitrogens with zero attached hydrogens (tertiary/aromatic N) is 3. The van der Waals surface area contributed by atoms with E-state index in [-0.39, 0.29) is 18.5 Å². The van der Waals surface area contributed by atoms with E-state index in [4.69, 9.17) is 13.9 Å². The average Bonchev–Trinajstić information content (AvgIpc) is 3.45. The maximum absolute atomic E-state index is 12.2. The number of benzene rings is 1. The molecule has 0 atom stereocenters. The minimum Gasteiger partial charge on any atom is -0.461 e. The van der Waals surface area contributed by atoms with Crippen molar-refractivity contribution < 1.29 is 18.7 Å². The van der Waals surface area contributed by atoms with Gasteiger partial charge in [0.2, 0.25) is 18.5 Å². The van der Waals surface area contributed by atoms with Gasteiger partial charge < -0.3 is 19.2 Å². The Labute approximate surface area is 165 Å². The molecule has 0 radical (unpaired) electrons. The number of carbonyl (C=O) groups is 1. The molecule has 0 bridgehead atoms. The van der Waals surface area contributed by atoms with Crippen molar-refractivity contribution >= 4 is 17.7 Å². The zero-order chi connectivity index (χ0) is 19.3. The van der Waals surface area contributed by atoms with Gasteiger partial charge in [0.05, 0.1) is 12.0 Å². The lowest BCUT2D eigenvalue weighted by Crippen LogP contribution is -2.24. The second-order valence-electron chi connectivity index (χ2n) is 5.94. The Kier molecular flexibility index (Phi) is 5.34. The van der Waals surface area contributed by atoms with Crippen LogP contribution in [-0.4, -0.2) is 33.2 Å². The molecule has 3 aromatic rings. The summed E-state index contributed by atoms with van der Waals surface area (Å²) in [4.78, 5) is 12.2. The summed E-state index contributed by atoms with van der Waals surface area (Å²) >= 11 is 1.31. The van der Waals surface area contributed by atoms with Crippen molar-refractivity contribution in [2.45, 2.75) is 18.2 Å². The van der Waals surface area contributed by atoms with Gasteiger partial charge in [-0.3, -0.25) is 9.36 Å². The number of rotatable bonds is 8. The van der Waals surface area contributed by atoms with Crippen molar-refractivity contribution in [3.63, 3.8) is 0 Å². The summed E-state index contributed by atoms with van der Waals surface area (Å²) in [5, 5.41) is 11.9. The standard InChI is InChI=1S/C19H18N4O4S/c1-2-7-23-18(15-4-3-8-25-15)21-22-19(23)28-11-17(24)20-10-13-5-6-14-16(9-13)27-12-26-14/h2-6,8-9H,1,7,10-12H2,(H,20,24). The van der Waals surface area contributed by atoms with Crippen LogP contribution in [0.2, 0.25) is 0 Å². The molecule has 1 N–H and O–H groups in total. The summed E-state index contributed by atoms with van der Waals surface area (Å²) in [7, 11) is 0. The van der Waals surface area contributed by atoms with E-state index in [2.05, 4.69) is 22.1 Å². The van der Waals surface area contributed by atoms with E-state index >= 15 is 0 Å². The van der Waals surface area contributed by atoms with Gasteiger partial charge in [0.1, 0.15) is 0 Å². The third-order valence-corrected chi connectivity index (χ3v) is 5.00. The highest BCUT2D eigenvalue weighted by Gasteiger charge is 2.17. The smallest absolute Gasteiger partial charge is 0.231 e. The van der Waals surface area contributed by atoms with E-state index in [1.54, 1.807) is 18.4 Å². The Bertz CT molecular complexity index is 984. The van der Waals surface area contributed by atoms with Gasteiger partial charge in [-0.1, -0.05) is 23.9 Å². The summed E-state index contributed by atoms with van der Waals surface area (Å²) in [5.41, 5.74) is 0.942. The summed E-state index contributed by atoms with van der Waals surface area (Å²) in [6, 6.07) is 9.21. The largest absolute Gasteiger partial charge is 0.461 e. The fourth-order valence-electron chi connectivity index (χ4n) is 2.71. The van der Waals surface area contributed by atoms with Crippen molar-refractivity contribution in [1.82, 2.24) is 20.1 Å². The summed E-state index contributed by atoms with van der Waals surface area (Å²) in [6.45, 7) is 4.92. The van der Waals surface area contributed by atoms with Gasteiger partial charge in [0, 0.05) is 13.1 Å². The molecule has 0 saturated carbocycles. The van der Waals surface area contributed by atoms with Crippen LogP contribution in [0.3, 0.4) is 0 Å². The van der Waals surface area contributed by atoms with Crippen LogP contribution >= 0.6 is 11.8 Å². The van der Waals surface area contributed by atoms with Crippen LogP contribution in [0.25, 0.3) is 11.6 Å². The van der Waals surface area contributed by atoms with Gasteiger partial charge in [0.15, 0.2) is 22.4 Å². The number of furan rings is 1. The van der Waals surface area contributed by atoms with Crippen LogP contribution in [0.5, 0.6) is 11.5 Å². The number of amides is 1. The van der Waals surface area contributed by atoms with E-state index in [1.807, 2.05) is 28.8 Å². The topological polar surface area (TPSA) is 91.4 Å². The number of allylic oxidation sites excluding steroid dienone is 1. The van der Waals surface area contributed by atoms with Gasteiger partial charge >= 0.3 is 0 Å². The zero-order valence-electron chi connectivity index (χ0n) is 15.0. The van der Waals surface area contributed by atoms with Gasteiger partial charge in [-0.2, -0.15) is 0 Å². The van der Waals surface area contributed by atoms with Crippen molar-refractivity contribution in [2.75, 3.05) is 12.5 Å². The van der Waals surface area contributed by atoms with Gasteiger partial charge in [-0.15, -0.1) is 16.8 Å². The molecule has 144 valence electrons. The molecule has 2 aromatic heterocycles. The average molecular weight is 398 g/mol. The first-order chi connectivity index (χ1) is 13.7. The van der Waals surface area contributed by atoms with E-state index in [0.29, 0.717) is 35.6 Å². The van der Waals surface area contributed by atoms with Gasteiger partial charge in [-0.25, -0.2) is 0 Å². The Balaban J connectivity index is 1.35. The molecule has 1 aromatic carbocycles. The Morgan fingerprint density at radius 2 is 2.18 bits per heavy atom. The third-order valence-electron chi connectivity index (χ3n) is 4.03. The maximum Gasteiger partial charge on any atom is 0.231 e. The monoisotopic (exact) mass is 398 g/mol. The van der Waals surface area contributed by atoms with Gasteiger partial charge in [-0.05, 0) is 29.8 Å². The van der Waals surface area contributed by atoms with E-state index in [9.17, 15) is 4.79 Å². The second kappa shape index (κ2) is 8.22. The molecule has 3 heterocycles. The number of carbonyl (C=O) groups excluding carboxylic acids is 1. The maximum atomic E-state index is 12.2. The summed E-state index contributed by atoms with van der Waals surface area (Å²) in [6.07, 6.45) is 3.33. The molecule has 0 spiro atoms. The lowest BCUT2D eigenvalue weighted by atomic mass is 10.2. The second-order valence-corrected chi connectivity index (χ2v) is 6.88. The van der Waals surface area contributed by atoms with Crippen LogP contribution in [0.1, 0.15) is 5.56 Å². The molecular formula is C19H18N4O4S.